The molecule has 2 aromatic heterocycles. The third-order valence-electron chi connectivity index (χ3n) is 2.63. The molecule has 0 saturated heterocycles. The van der Waals surface area contributed by atoms with Crippen LogP contribution in [0.15, 0.2) is 29.3 Å². The Balaban J connectivity index is 2.66. The van der Waals surface area contributed by atoms with Gasteiger partial charge in [-0.1, -0.05) is 13.0 Å². The van der Waals surface area contributed by atoms with E-state index in [1.165, 1.54) is 4.57 Å². The van der Waals surface area contributed by atoms with Crippen LogP contribution in [0.2, 0.25) is 0 Å². The zero-order valence-corrected chi connectivity index (χ0v) is 10.5. The first kappa shape index (κ1) is 11.7. The van der Waals surface area contributed by atoms with Crippen molar-refractivity contribution in [3.05, 3.63) is 44.6 Å². The quantitative estimate of drug-likeness (QED) is 0.604. The molecule has 0 radical (unpaired) electrons. The summed E-state index contributed by atoms with van der Waals surface area (Å²) < 4.78 is 3.31. The van der Waals surface area contributed by atoms with E-state index in [2.05, 4.69) is 6.92 Å². The van der Waals surface area contributed by atoms with Gasteiger partial charge in [0, 0.05) is 0 Å². The highest BCUT2D eigenvalue weighted by Crippen LogP contribution is 2.09. The summed E-state index contributed by atoms with van der Waals surface area (Å²) in [6.07, 6.45) is 5.42. The molecule has 4 nitrogen and oxygen atoms in total. The van der Waals surface area contributed by atoms with E-state index in [0.29, 0.717) is 10.7 Å². The lowest BCUT2D eigenvalue weighted by Crippen LogP contribution is -2.35. The van der Waals surface area contributed by atoms with Crippen LogP contribution in [-0.4, -0.2) is 10.9 Å². The predicted octanol–water partition coefficient (Wildman–Crippen LogP) is 1.10. The summed E-state index contributed by atoms with van der Waals surface area (Å²) in [5.41, 5.74) is 1.16. The number of thiazole rings is 1. The second-order valence-corrected chi connectivity index (χ2v) is 4.70. The number of aldehydes is 1. The molecule has 0 N–H and O–H groups in total. The monoisotopic (exact) mass is 249 g/mol. The molecule has 88 valence electrons. The lowest BCUT2D eigenvalue weighted by Gasteiger charge is -2.00. The minimum absolute atomic E-state index is 0.128. The Morgan fingerprint density at radius 1 is 1.53 bits per heavy atom. The normalized spacial score (nSPS) is 10.5. The van der Waals surface area contributed by atoms with Crippen LogP contribution in [-0.2, 0) is 13.5 Å². The van der Waals surface area contributed by atoms with Crippen molar-refractivity contribution >= 4 is 17.6 Å². The minimum atomic E-state index is -0.128. The second kappa shape index (κ2) is 4.63. The Labute approximate surface area is 103 Å². The Morgan fingerprint density at radius 2 is 2.29 bits per heavy atom. The standard InChI is InChI=1S/C12H13N2O2S/c1-3-9-5-4-6-14(7-9)11-10(8-15)17-12(16)13(11)2/h4-8H,3H2,1-2H3/q+1. The molecule has 0 unspecified atom stereocenters. The number of rotatable bonds is 3. The first-order chi connectivity index (χ1) is 8.17. The maximum atomic E-state index is 11.6. The molecule has 17 heavy (non-hydrogen) atoms. The molecule has 2 heterocycles. The lowest BCUT2D eigenvalue weighted by molar-refractivity contribution is -0.601. The third kappa shape index (κ3) is 2.06. The fourth-order valence-corrected chi connectivity index (χ4v) is 2.50. The fraction of sp³-hybridized carbons (Fsp3) is 0.250. The van der Waals surface area contributed by atoms with E-state index < -0.39 is 0 Å². The van der Waals surface area contributed by atoms with Crippen molar-refractivity contribution in [2.75, 3.05) is 0 Å². The van der Waals surface area contributed by atoms with Crippen LogP contribution in [0, 0.1) is 0 Å². The molecule has 0 saturated carbocycles. The number of carbonyl (C=O) groups excluding carboxylic acids is 1. The van der Waals surface area contributed by atoms with Gasteiger partial charge in [0.1, 0.15) is 0 Å². The van der Waals surface area contributed by atoms with E-state index in [-0.39, 0.29) is 4.87 Å². The Morgan fingerprint density at radius 3 is 2.94 bits per heavy atom. The smallest absolute Gasteiger partial charge is 0.297 e. The van der Waals surface area contributed by atoms with Crippen molar-refractivity contribution in [1.29, 1.82) is 0 Å². The first-order valence-corrected chi connectivity index (χ1v) is 6.14. The molecule has 0 aliphatic rings. The zero-order valence-electron chi connectivity index (χ0n) is 9.71. The van der Waals surface area contributed by atoms with Gasteiger partial charge in [0.2, 0.25) is 0 Å². The number of aromatic nitrogens is 2. The fourth-order valence-electron chi connectivity index (χ4n) is 1.70. The van der Waals surface area contributed by atoms with E-state index >= 15 is 0 Å². The summed E-state index contributed by atoms with van der Waals surface area (Å²) in [7, 11) is 1.67. The largest absolute Gasteiger partial charge is 0.392 e. The predicted molar refractivity (Wildman–Crippen MR) is 65.9 cm³/mol. The van der Waals surface area contributed by atoms with Crippen LogP contribution in [0.3, 0.4) is 0 Å². The third-order valence-corrected chi connectivity index (χ3v) is 3.58. The van der Waals surface area contributed by atoms with Crippen LogP contribution >= 0.6 is 11.3 Å². The van der Waals surface area contributed by atoms with Crippen LogP contribution in [0.4, 0.5) is 0 Å². The van der Waals surface area contributed by atoms with Crippen LogP contribution < -0.4 is 9.44 Å². The Kier molecular flexibility index (Phi) is 3.19. The summed E-state index contributed by atoms with van der Waals surface area (Å²) in [5.74, 6) is 0.630. The molecular weight excluding hydrogens is 236 g/mol. The van der Waals surface area contributed by atoms with Gasteiger partial charge in [0.05, 0.1) is 19.4 Å². The molecule has 2 rings (SSSR count). The van der Waals surface area contributed by atoms with Gasteiger partial charge in [-0.15, -0.1) is 0 Å². The summed E-state index contributed by atoms with van der Waals surface area (Å²) in [6.45, 7) is 2.06. The number of pyridine rings is 1. The molecule has 0 atom stereocenters. The first-order valence-electron chi connectivity index (χ1n) is 5.33. The van der Waals surface area contributed by atoms with Crippen molar-refractivity contribution in [3.63, 3.8) is 0 Å². The number of carbonyl (C=O) groups is 1. The zero-order chi connectivity index (χ0) is 12.4. The van der Waals surface area contributed by atoms with Gasteiger partial charge in [-0.05, 0) is 29.4 Å². The minimum Gasteiger partial charge on any atom is -0.297 e. The highest BCUT2D eigenvalue weighted by Gasteiger charge is 2.21. The van der Waals surface area contributed by atoms with Crippen molar-refractivity contribution in [3.8, 4) is 5.82 Å². The van der Waals surface area contributed by atoms with E-state index in [4.69, 9.17) is 0 Å². The van der Waals surface area contributed by atoms with Crippen LogP contribution in [0.1, 0.15) is 22.2 Å². The van der Waals surface area contributed by atoms with Crippen LogP contribution in [0.25, 0.3) is 5.82 Å². The van der Waals surface area contributed by atoms with Gasteiger partial charge < -0.3 is 0 Å². The molecule has 2 aromatic rings. The summed E-state index contributed by atoms with van der Waals surface area (Å²) in [4.78, 5) is 22.8. The number of nitrogens with zero attached hydrogens (tertiary/aromatic N) is 2. The Hall–Kier alpha value is -1.75. The number of hydrogen-bond acceptors (Lipinski definition) is 3. The summed E-state index contributed by atoms with van der Waals surface area (Å²) in [5, 5.41) is 0. The molecule has 5 heteroatoms. The molecule has 0 aliphatic carbocycles. The summed E-state index contributed by atoms with van der Waals surface area (Å²) in [6, 6.07) is 3.93. The van der Waals surface area contributed by atoms with Gasteiger partial charge >= 0.3 is 10.7 Å². The van der Waals surface area contributed by atoms with Gasteiger partial charge in [-0.2, -0.15) is 4.57 Å². The van der Waals surface area contributed by atoms with Crippen molar-refractivity contribution in [2.45, 2.75) is 13.3 Å². The average Bonchev–Trinajstić information content (AvgIpc) is 2.65. The van der Waals surface area contributed by atoms with Crippen LogP contribution in [0.5, 0.6) is 0 Å². The van der Waals surface area contributed by atoms with Gasteiger partial charge in [-0.3, -0.25) is 4.79 Å². The molecular formula is C12H13N2O2S+. The van der Waals surface area contributed by atoms with E-state index in [0.717, 1.165) is 29.6 Å². The maximum absolute atomic E-state index is 11.6. The van der Waals surface area contributed by atoms with E-state index in [1.807, 2.05) is 29.1 Å². The lowest BCUT2D eigenvalue weighted by atomic mass is 10.2. The molecule has 0 spiro atoms. The van der Waals surface area contributed by atoms with Crippen molar-refractivity contribution in [1.82, 2.24) is 4.57 Å². The van der Waals surface area contributed by atoms with E-state index in [9.17, 15) is 9.59 Å². The highest BCUT2D eigenvalue weighted by atomic mass is 32.1. The molecule has 0 bridgehead atoms. The van der Waals surface area contributed by atoms with Gasteiger partial charge in [0.25, 0.3) is 0 Å². The molecule has 0 aromatic carbocycles. The average molecular weight is 249 g/mol. The highest BCUT2D eigenvalue weighted by molar-refractivity contribution is 7.11. The molecule has 0 fully saturated rings. The van der Waals surface area contributed by atoms with Gasteiger partial charge in [0.15, 0.2) is 11.2 Å². The SMILES string of the molecule is CCc1ccc[n+](-c2c(C=O)sc(=O)n2C)c1. The van der Waals surface area contributed by atoms with Gasteiger partial charge in [-0.25, -0.2) is 9.36 Å². The van der Waals surface area contributed by atoms with Crippen molar-refractivity contribution < 1.29 is 9.36 Å². The topological polar surface area (TPSA) is 42.9 Å². The van der Waals surface area contributed by atoms with Crippen molar-refractivity contribution in [2.24, 2.45) is 7.05 Å². The Bertz CT molecular complexity index is 613. The molecule has 0 amide bonds. The summed E-state index contributed by atoms with van der Waals surface area (Å²) >= 11 is 0.968. The second-order valence-electron chi connectivity index (χ2n) is 3.71. The number of hydrogen-bond donors (Lipinski definition) is 0. The maximum Gasteiger partial charge on any atom is 0.392 e. The molecule has 0 aliphatic heterocycles. The van der Waals surface area contributed by atoms with E-state index in [1.54, 1.807) is 7.05 Å². The number of aryl methyl sites for hydroxylation is 1.